The van der Waals surface area contributed by atoms with Crippen molar-refractivity contribution in [1.29, 1.82) is 0 Å². The van der Waals surface area contributed by atoms with Gasteiger partial charge in [0, 0.05) is 50.6 Å². The molecule has 2 fully saturated rings. The highest BCUT2D eigenvalue weighted by Crippen LogP contribution is 2.41. The molecule has 1 aliphatic heterocycles. The third-order valence-electron chi connectivity index (χ3n) is 8.41. The number of aromatic nitrogens is 3. The number of carbonyl (C=O) groups is 1. The van der Waals surface area contributed by atoms with Crippen molar-refractivity contribution < 1.29 is 18.3 Å². The van der Waals surface area contributed by atoms with Crippen molar-refractivity contribution in [3.05, 3.63) is 82.5 Å². The number of ether oxygens (including phenoxy) is 1. The van der Waals surface area contributed by atoms with E-state index in [9.17, 15) is 18.4 Å². The van der Waals surface area contributed by atoms with E-state index < -0.39 is 17.7 Å². The van der Waals surface area contributed by atoms with Crippen molar-refractivity contribution in [2.75, 3.05) is 12.0 Å². The summed E-state index contributed by atoms with van der Waals surface area (Å²) in [6.07, 6.45) is 7.38. The Bertz CT molecular complexity index is 1640. The van der Waals surface area contributed by atoms with Crippen molar-refractivity contribution in [3.63, 3.8) is 0 Å². The van der Waals surface area contributed by atoms with Gasteiger partial charge in [0.25, 0.3) is 0 Å². The van der Waals surface area contributed by atoms with Gasteiger partial charge in [-0.25, -0.2) is 13.8 Å². The van der Waals surface area contributed by atoms with Gasteiger partial charge in [-0.2, -0.15) is 0 Å². The Morgan fingerprint density at radius 3 is 2.40 bits per heavy atom. The second-order valence-electron chi connectivity index (χ2n) is 10.8. The second kappa shape index (κ2) is 10.6. The Balaban J connectivity index is 1.49. The first-order valence-electron chi connectivity index (χ1n) is 13.8. The molecule has 0 bridgehead atoms. The number of fused-ring (bicyclic) bond motifs is 1. The first kappa shape index (κ1) is 26.4. The highest BCUT2D eigenvalue weighted by atomic mass is 19.2. The second-order valence-corrected chi connectivity index (χ2v) is 10.8. The summed E-state index contributed by atoms with van der Waals surface area (Å²) in [7, 11) is 3.47. The molecular weight excluding hydrogens is 514 g/mol. The molecule has 0 spiro atoms. The van der Waals surface area contributed by atoms with Gasteiger partial charge in [0.15, 0.2) is 11.6 Å². The largest absolute Gasteiger partial charge is 0.381 e. The fraction of sp³-hybridized carbons (Fsp3) is 0.387. The minimum absolute atomic E-state index is 0.0812. The number of nitrogens with zero attached hydrogens (tertiary/aromatic N) is 4. The number of benzene rings is 2. The van der Waals surface area contributed by atoms with Crippen LogP contribution in [0.3, 0.4) is 0 Å². The molecule has 1 amide bonds. The summed E-state index contributed by atoms with van der Waals surface area (Å²) in [6, 6.07) is 12.8. The molecule has 40 heavy (non-hydrogen) atoms. The summed E-state index contributed by atoms with van der Waals surface area (Å²) in [6.45, 7) is 0. The van der Waals surface area contributed by atoms with Gasteiger partial charge < -0.3 is 18.8 Å². The summed E-state index contributed by atoms with van der Waals surface area (Å²) in [5.74, 6) is -1.30. The maximum atomic E-state index is 14.3. The van der Waals surface area contributed by atoms with E-state index in [1.807, 2.05) is 12.1 Å². The van der Waals surface area contributed by atoms with Crippen LogP contribution in [-0.2, 0) is 16.6 Å². The molecule has 0 radical (unpaired) electrons. The van der Waals surface area contributed by atoms with E-state index in [-0.39, 0.29) is 23.6 Å². The summed E-state index contributed by atoms with van der Waals surface area (Å²) >= 11 is 0. The quantitative estimate of drug-likeness (QED) is 0.305. The maximum absolute atomic E-state index is 14.3. The van der Waals surface area contributed by atoms with Crippen molar-refractivity contribution in [2.24, 2.45) is 7.05 Å². The number of carbonyl (C=O) groups excluding carboxylic acids is 1. The number of imidazole rings is 1. The predicted octanol–water partition coefficient (Wildman–Crippen LogP) is 6.07. The molecule has 208 valence electrons. The zero-order valence-corrected chi connectivity index (χ0v) is 22.6. The van der Waals surface area contributed by atoms with Crippen molar-refractivity contribution in [3.8, 4) is 11.1 Å². The van der Waals surface area contributed by atoms with Gasteiger partial charge in [0.2, 0.25) is 11.5 Å². The number of hydrogen-bond acceptors (Lipinski definition) is 4. The molecular formula is C31H32F2N4O3. The van der Waals surface area contributed by atoms with Gasteiger partial charge in [0.05, 0.1) is 23.2 Å². The van der Waals surface area contributed by atoms with E-state index in [2.05, 4.69) is 10.6 Å². The molecule has 7 nitrogen and oxygen atoms in total. The predicted molar refractivity (Wildman–Crippen MR) is 149 cm³/mol. The molecule has 1 saturated heterocycles. The third-order valence-corrected chi connectivity index (χ3v) is 8.41. The monoisotopic (exact) mass is 546 g/mol. The standard InChI is InChI=1S/C31H32F2N4O3/c1-35-18-20(7-15-29(35)38)19-6-14-27-26(16-19)34-31(37(27)21-8-11-23(40-2)12-9-21)28-4-3-5-30(39)36(28)22-10-13-24(32)25(33)17-22/h6-7,10,13-18,21,23,28H,3-5,8-9,11-12H2,1-2H3/t21?,23?,28-/m0/s1. The molecule has 6 rings (SSSR count). The van der Waals surface area contributed by atoms with Gasteiger partial charge in [-0.15, -0.1) is 0 Å². The summed E-state index contributed by atoms with van der Waals surface area (Å²) in [4.78, 5) is 31.9. The number of hydrogen-bond donors (Lipinski definition) is 0. The zero-order chi connectivity index (χ0) is 28.0. The van der Waals surface area contributed by atoms with E-state index in [4.69, 9.17) is 9.72 Å². The Hall–Kier alpha value is -3.85. The van der Waals surface area contributed by atoms with Crippen LogP contribution in [-0.4, -0.2) is 33.2 Å². The molecule has 2 aliphatic rings. The average molecular weight is 547 g/mol. The van der Waals surface area contributed by atoms with E-state index in [1.165, 1.54) is 6.07 Å². The number of aryl methyl sites for hydroxylation is 1. The number of anilines is 1. The molecule has 4 aromatic rings. The fourth-order valence-corrected chi connectivity index (χ4v) is 6.29. The third kappa shape index (κ3) is 4.72. The minimum Gasteiger partial charge on any atom is -0.381 e. The van der Waals surface area contributed by atoms with Gasteiger partial charge in [-0.05, 0) is 80.0 Å². The summed E-state index contributed by atoms with van der Waals surface area (Å²) < 4.78 is 37.5. The van der Waals surface area contributed by atoms with Gasteiger partial charge >= 0.3 is 0 Å². The smallest absolute Gasteiger partial charge is 0.250 e. The average Bonchev–Trinajstić information content (AvgIpc) is 3.34. The van der Waals surface area contributed by atoms with Crippen LogP contribution in [0, 0.1) is 11.6 Å². The molecule has 9 heteroatoms. The van der Waals surface area contributed by atoms with Gasteiger partial charge in [0.1, 0.15) is 5.82 Å². The van der Waals surface area contributed by atoms with E-state index >= 15 is 0 Å². The number of methoxy groups -OCH3 is 1. The molecule has 1 atom stereocenters. The molecule has 2 aromatic heterocycles. The number of pyridine rings is 1. The SMILES string of the molecule is COC1CCC(n2c([C@@H]3CCCC(=O)N3c3ccc(F)c(F)c3)nc3cc(-c4ccc(=O)n(C)c4)ccc32)CC1. The van der Waals surface area contributed by atoms with Crippen LogP contribution in [0.15, 0.2) is 59.5 Å². The van der Waals surface area contributed by atoms with Gasteiger partial charge in [-0.1, -0.05) is 6.07 Å². The number of rotatable bonds is 5. The van der Waals surface area contributed by atoms with Crippen LogP contribution in [0.1, 0.15) is 62.9 Å². The Morgan fingerprint density at radius 1 is 0.900 bits per heavy atom. The summed E-state index contributed by atoms with van der Waals surface area (Å²) in [5.41, 5.74) is 3.84. The lowest BCUT2D eigenvalue weighted by Crippen LogP contribution is -2.40. The normalized spacial score (nSPS) is 21.8. The molecule has 3 heterocycles. The lowest BCUT2D eigenvalue weighted by Gasteiger charge is -2.37. The van der Waals surface area contributed by atoms with Crippen molar-refractivity contribution in [1.82, 2.24) is 14.1 Å². The highest BCUT2D eigenvalue weighted by Gasteiger charge is 2.36. The van der Waals surface area contributed by atoms with Gasteiger partial charge in [-0.3, -0.25) is 9.59 Å². The number of piperidine rings is 1. The first-order valence-corrected chi connectivity index (χ1v) is 13.8. The lowest BCUT2D eigenvalue weighted by molar-refractivity contribution is -0.120. The van der Waals surface area contributed by atoms with Crippen LogP contribution < -0.4 is 10.5 Å². The molecule has 0 unspecified atom stereocenters. The van der Waals surface area contributed by atoms with Crippen LogP contribution in [0.2, 0.25) is 0 Å². The topological polar surface area (TPSA) is 69.4 Å². The minimum atomic E-state index is -0.983. The Labute approximate surface area is 231 Å². The molecule has 1 aliphatic carbocycles. The van der Waals surface area contributed by atoms with Crippen molar-refractivity contribution in [2.45, 2.75) is 63.1 Å². The van der Waals surface area contributed by atoms with Crippen LogP contribution in [0.5, 0.6) is 0 Å². The van der Waals surface area contributed by atoms with E-state index in [1.54, 1.807) is 42.0 Å². The highest BCUT2D eigenvalue weighted by molar-refractivity contribution is 5.95. The van der Waals surface area contributed by atoms with Crippen LogP contribution in [0.4, 0.5) is 14.5 Å². The maximum Gasteiger partial charge on any atom is 0.250 e. The Kier molecular flexibility index (Phi) is 7.00. The molecule has 2 aromatic carbocycles. The zero-order valence-electron chi connectivity index (χ0n) is 22.6. The lowest BCUT2D eigenvalue weighted by atomic mass is 9.91. The molecule has 0 N–H and O–H groups in total. The fourth-order valence-electron chi connectivity index (χ4n) is 6.29. The van der Waals surface area contributed by atoms with Crippen LogP contribution in [0.25, 0.3) is 22.2 Å². The molecule has 1 saturated carbocycles. The number of amides is 1. The van der Waals surface area contributed by atoms with E-state index in [0.29, 0.717) is 24.9 Å². The summed E-state index contributed by atoms with van der Waals surface area (Å²) in [5, 5.41) is 0. The number of halogens is 2. The van der Waals surface area contributed by atoms with Crippen LogP contribution >= 0.6 is 0 Å². The first-order chi connectivity index (χ1) is 19.3. The van der Waals surface area contributed by atoms with E-state index in [0.717, 1.165) is 65.8 Å². The Morgan fingerprint density at radius 2 is 1.68 bits per heavy atom. The van der Waals surface area contributed by atoms with Crippen molar-refractivity contribution >= 4 is 22.6 Å².